The van der Waals surface area contributed by atoms with E-state index >= 15 is 0 Å². The number of hydrogen-bond acceptors (Lipinski definition) is 3. The molecule has 0 amide bonds. The molecule has 1 unspecified atom stereocenters. The third kappa shape index (κ3) is 1.59. The molecule has 0 fully saturated rings. The molecule has 0 aromatic rings. The first kappa shape index (κ1) is 10.2. The summed E-state index contributed by atoms with van der Waals surface area (Å²) >= 11 is 0. The molecule has 0 radical (unpaired) electrons. The van der Waals surface area contributed by atoms with E-state index in [0.29, 0.717) is 0 Å². The van der Waals surface area contributed by atoms with Crippen LogP contribution in [-0.4, -0.2) is 33.2 Å². The molecule has 1 rings (SSSR count). The van der Waals surface area contributed by atoms with Gasteiger partial charge in [0.05, 0.1) is 11.5 Å². The quantitative estimate of drug-likeness (QED) is 0.588. The predicted molar refractivity (Wildman–Crippen MR) is 42.7 cm³/mol. The van der Waals surface area contributed by atoms with E-state index in [2.05, 4.69) is 0 Å². The minimum Gasteiger partial charge on any atom is -0.481 e. The number of rotatable bonds is 3. The second kappa shape index (κ2) is 3.49. The molecule has 3 N–H and O–H groups in total. The Balaban J connectivity index is 3.15. The first-order valence-electron chi connectivity index (χ1n) is 3.87. The summed E-state index contributed by atoms with van der Waals surface area (Å²) < 4.78 is 0. The van der Waals surface area contributed by atoms with Gasteiger partial charge in [-0.3, -0.25) is 4.79 Å². The van der Waals surface area contributed by atoms with Crippen LogP contribution in [0.5, 0.6) is 0 Å². The largest absolute Gasteiger partial charge is 0.481 e. The average Bonchev–Trinajstić information content (AvgIpc) is 2.46. The zero-order chi connectivity index (χ0) is 10.9. The van der Waals surface area contributed by atoms with Gasteiger partial charge in [0.25, 0.3) is 0 Å². The third-order valence-corrected chi connectivity index (χ3v) is 2.14. The Labute approximate surface area is 78.5 Å². The third-order valence-electron chi connectivity index (χ3n) is 2.14. The van der Waals surface area contributed by atoms with Crippen molar-refractivity contribution < 1.29 is 29.7 Å². The Morgan fingerprint density at radius 2 is 1.64 bits per heavy atom. The van der Waals surface area contributed by atoms with Crippen LogP contribution in [0.2, 0.25) is 0 Å². The van der Waals surface area contributed by atoms with Crippen LogP contribution in [0.15, 0.2) is 11.1 Å². The molecule has 0 aromatic heterocycles. The number of carboxylic acid groups (broad SMARTS) is 3. The summed E-state index contributed by atoms with van der Waals surface area (Å²) in [7, 11) is 0. The maximum Gasteiger partial charge on any atom is 0.332 e. The van der Waals surface area contributed by atoms with Gasteiger partial charge in [-0.25, -0.2) is 9.59 Å². The summed E-state index contributed by atoms with van der Waals surface area (Å²) in [5, 5.41) is 25.9. The van der Waals surface area contributed by atoms with Crippen LogP contribution in [0, 0.1) is 5.92 Å². The van der Waals surface area contributed by atoms with Crippen molar-refractivity contribution in [2.24, 2.45) is 5.92 Å². The topological polar surface area (TPSA) is 112 Å². The highest BCUT2D eigenvalue weighted by molar-refractivity contribution is 6.03. The SMILES string of the molecule is O=C(O)C1=C(C(=O)O)C(C(=O)O)CC1. The maximum absolute atomic E-state index is 10.6. The lowest BCUT2D eigenvalue weighted by molar-refractivity contribution is -0.143. The lowest BCUT2D eigenvalue weighted by Gasteiger charge is -2.04. The Bertz CT molecular complexity index is 340. The van der Waals surface area contributed by atoms with Crippen molar-refractivity contribution in [1.29, 1.82) is 0 Å². The molecule has 0 bridgehead atoms. The van der Waals surface area contributed by atoms with Crippen LogP contribution >= 0.6 is 0 Å². The fourth-order valence-electron chi connectivity index (χ4n) is 1.53. The molecule has 0 heterocycles. The molecule has 6 heteroatoms. The molecule has 0 aliphatic heterocycles. The molecule has 0 saturated heterocycles. The highest BCUT2D eigenvalue weighted by Gasteiger charge is 2.37. The second-order valence-electron chi connectivity index (χ2n) is 2.93. The Morgan fingerprint density at radius 1 is 1.07 bits per heavy atom. The van der Waals surface area contributed by atoms with Gasteiger partial charge in [0, 0.05) is 5.57 Å². The van der Waals surface area contributed by atoms with Gasteiger partial charge < -0.3 is 15.3 Å². The summed E-state index contributed by atoms with van der Waals surface area (Å²) in [6.45, 7) is 0. The number of carboxylic acids is 3. The van der Waals surface area contributed by atoms with Crippen LogP contribution in [0.25, 0.3) is 0 Å². The summed E-state index contributed by atoms with van der Waals surface area (Å²) in [5.74, 6) is -5.31. The summed E-state index contributed by atoms with van der Waals surface area (Å²) in [6, 6.07) is 0. The van der Waals surface area contributed by atoms with Crippen LogP contribution in [0.1, 0.15) is 12.8 Å². The van der Waals surface area contributed by atoms with E-state index in [1.54, 1.807) is 0 Å². The van der Waals surface area contributed by atoms with Crippen molar-refractivity contribution in [3.63, 3.8) is 0 Å². The van der Waals surface area contributed by atoms with Crippen molar-refractivity contribution >= 4 is 17.9 Å². The molecule has 14 heavy (non-hydrogen) atoms. The van der Waals surface area contributed by atoms with Gasteiger partial charge in [-0.05, 0) is 12.8 Å². The first-order valence-corrected chi connectivity index (χ1v) is 3.87. The fourth-order valence-corrected chi connectivity index (χ4v) is 1.53. The average molecular weight is 200 g/mol. The minimum atomic E-state index is -1.47. The van der Waals surface area contributed by atoms with Gasteiger partial charge in [0.15, 0.2) is 0 Å². The molecule has 1 aliphatic rings. The van der Waals surface area contributed by atoms with E-state index in [1.165, 1.54) is 0 Å². The maximum atomic E-state index is 10.6. The van der Waals surface area contributed by atoms with Crippen LogP contribution in [0.4, 0.5) is 0 Å². The minimum absolute atomic E-state index is 0.00602. The van der Waals surface area contributed by atoms with Gasteiger partial charge in [-0.1, -0.05) is 0 Å². The smallest absolute Gasteiger partial charge is 0.332 e. The number of carbonyl (C=O) groups is 3. The van der Waals surface area contributed by atoms with E-state index in [9.17, 15) is 14.4 Å². The van der Waals surface area contributed by atoms with Crippen LogP contribution in [-0.2, 0) is 14.4 Å². The standard InChI is InChI=1S/C8H8O6/c9-6(10)3-1-2-4(7(11)12)5(3)8(13)14/h3H,1-2H2,(H,9,10)(H,11,12)(H,13,14). The zero-order valence-corrected chi connectivity index (χ0v) is 7.06. The molecular weight excluding hydrogens is 192 g/mol. The highest BCUT2D eigenvalue weighted by Crippen LogP contribution is 2.32. The molecule has 0 saturated carbocycles. The zero-order valence-electron chi connectivity index (χ0n) is 7.06. The van der Waals surface area contributed by atoms with Gasteiger partial charge in [-0.15, -0.1) is 0 Å². The van der Waals surface area contributed by atoms with Crippen molar-refractivity contribution in [3.8, 4) is 0 Å². The van der Waals surface area contributed by atoms with E-state index in [-0.39, 0.29) is 18.4 Å². The van der Waals surface area contributed by atoms with Gasteiger partial charge in [0.2, 0.25) is 0 Å². The Kier molecular flexibility index (Phi) is 2.55. The Hall–Kier alpha value is -1.85. The molecule has 1 aliphatic carbocycles. The molecule has 76 valence electrons. The molecule has 0 spiro atoms. The predicted octanol–water partition coefficient (Wildman–Crippen LogP) is -0.0532. The van der Waals surface area contributed by atoms with Crippen molar-refractivity contribution in [2.75, 3.05) is 0 Å². The normalized spacial score (nSPS) is 21.0. The highest BCUT2D eigenvalue weighted by atomic mass is 16.4. The molecular formula is C8H8O6. The summed E-state index contributed by atoms with van der Waals surface area (Å²) in [4.78, 5) is 31.8. The Morgan fingerprint density at radius 3 is 2.00 bits per heavy atom. The summed E-state index contributed by atoms with van der Waals surface area (Å²) in [6.07, 6.45) is 0.0343. The van der Waals surface area contributed by atoms with Crippen molar-refractivity contribution in [3.05, 3.63) is 11.1 Å². The monoisotopic (exact) mass is 200 g/mol. The van der Waals surface area contributed by atoms with E-state index in [1.807, 2.05) is 0 Å². The fraction of sp³-hybridized carbons (Fsp3) is 0.375. The second-order valence-corrected chi connectivity index (χ2v) is 2.93. The van der Waals surface area contributed by atoms with Gasteiger partial charge in [-0.2, -0.15) is 0 Å². The van der Waals surface area contributed by atoms with Gasteiger partial charge in [0.1, 0.15) is 0 Å². The van der Waals surface area contributed by atoms with Gasteiger partial charge >= 0.3 is 17.9 Å². The number of aliphatic carboxylic acids is 3. The number of hydrogen-bond donors (Lipinski definition) is 3. The molecule has 6 nitrogen and oxygen atoms in total. The van der Waals surface area contributed by atoms with Crippen molar-refractivity contribution in [2.45, 2.75) is 12.8 Å². The molecule has 0 aromatic carbocycles. The summed E-state index contributed by atoms with van der Waals surface area (Å²) in [5.41, 5.74) is -0.796. The van der Waals surface area contributed by atoms with E-state index in [4.69, 9.17) is 15.3 Å². The molecule has 1 atom stereocenters. The van der Waals surface area contributed by atoms with Crippen molar-refractivity contribution in [1.82, 2.24) is 0 Å². The first-order chi connectivity index (χ1) is 6.45. The van der Waals surface area contributed by atoms with E-state index < -0.39 is 29.4 Å². The van der Waals surface area contributed by atoms with Crippen LogP contribution < -0.4 is 0 Å². The van der Waals surface area contributed by atoms with E-state index in [0.717, 1.165) is 0 Å². The lowest BCUT2D eigenvalue weighted by atomic mass is 10.0. The van der Waals surface area contributed by atoms with Crippen LogP contribution in [0.3, 0.4) is 0 Å². The lowest BCUT2D eigenvalue weighted by Crippen LogP contribution is -2.19.